The molecule has 1 atom stereocenters. The first kappa shape index (κ1) is 10.3. The Kier molecular flexibility index (Phi) is 4.00. The highest BCUT2D eigenvalue weighted by Crippen LogP contribution is 2.16. The second kappa shape index (κ2) is 5.05. The number of hydrogen-bond acceptors (Lipinski definition) is 2. The Morgan fingerprint density at radius 2 is 2.23 bits per heavy atom. The number of ether oxygens (including phenoxy) is 1. The number of aliphatic imine (C=N–C) groups is 1. The molecular formula is C11H19NO. The van der Waals surface area contributed by atoms with Gasteiger partial charge < -0.3 is 4.74 Å². The van der Waals surface area contributed by atoms with Gasteiger partial charge in [-0.25, -0.2) is 4.99 Å². The summed E-state index contributed by atoms with van der Waals surface area (Å²) in [7, 11) is 0. The zero-order valence-electron chi connectivity index (χ0n) is 8.79. The smallest absolute Gasteiger partial charge is 0.208 e. The summed E-state index contributed by atoms with van der Waals surface area (Å²) in [5.74, 6) is 1.38. The van der Waals surface area contributed by atoms with Crippen LogP contribution in [0, 0.1) is 5.92 Å². The first-order valence-corrected chi connectivity index (χ1v) is 5.17. The molecule has 0 aromatic heterocycles. The topological polar surface area (TPSA) is 21.6 Å². The Morgan fingerprint density at radius 1 is 1.54 bits per heavy atom. The van der Waals surface area contributed by atoms with E-state index in [2.05, 4.69) is 31.8 Å². The van der Waals surface area contributed by atoms with Gasteiger partial charge in [0.1, 0.15) is 0 Å². The van der Waals surface area contributed by atoms with Crippen LogP contribution in [0.3, 0.4) is 0 Å². The van der Waals surface area contributed by atoms with Crippen LogP contribution in [0.1, 0.15) is 40.0 Å². The van der Waals surface area contributed by atoms with E-state index in [0.717, 1.165) is 25.1 Å². The predicted molar refractivity (Wildman–Crippen MR) is 55.8 cm³/mol. The fraction of sp³-hybridized carbons (Fsp3) is 0.727. The van der Waals surface area contributed by atoms with Crippen molar-refractivity contribution in [3.05, 3.63) is 12.0 Å². The number of nitrogens with zero attached hydrogens (tertiary/aromatic N) is 1. The molecule has 0 aromatic rings. The molecule has 0 aliphatic carbocycles. The van der Waals surface area contributed by atoms with Crippen molar-refractivity contribution in [2.24, 2.45) is 10.9 Å². The molecule has 0 amide bonds. The van der Waals surface area contributed by atoms with E-state index in [-0.39, 0.29) is 0 Å². The van der Waals surface area contributed by atoms with Crippen LogP contribution >= 0.6 is 0 Å². The van der Waals surface area contributed by atoms with Crippen LogP contribution in [0.15, 0.2) is 17.0 Å². The van der Waals surface area contributed by atoms with Gasteiger partial charge in [0.2, 0.25) is 5.88 Å². The van der Waals surface area contributed by atoms with Gasteiger partial charge in [-0.05, 0) is 31.3 Å². The molecule has 0 spiro atoms. The number of hydrogen-bond donors (Lipinski definition) is 0. The first-order chi connectivity index (χ1) is 6.26. The van der Waals surface area contributed by atoms with Crippen molar-refractivity contribution >= 4 is 6.21 Å². The molecule has 0 saturated carbocycles. The molecule has 0 aromatic carbocycles. The van der Waals surface area contributed by atoms with E-state index in [1.54, 1.807) is 0 Å². The maximum atomic E-state index is 5.70. The molecule has 0 radical (unpaired) electrons. The fourth-order valence-corrected chi connectivity index (χ4v) is 1.31. The first-order valence-electron chi connectivity index (χ1n) is 5.17. The van der Waals surface area contributed by atoms with E-state index in [4.69, 9.17) is 4.74 Å². The highest BCUT2D eigenvalue weighted by Gasteiger charge is 2.09. The minimum atomic E-state index is 0.330. The van der Waals surface area contributed by atoms with Crippen molar-refractivity contribution in [3.8, 4) is 0 Å². The van der Waals surface area contributed by atoms with Crippen molar-refractivity contribution in [2.75, 3.05) is 0 Å². The summed E-state index contributed by atoms with van der Waals surface area (Å²) in [6, 6.07) is 0. The summed E-state index contributed by atoms with van der Waals surface area (Å²) < 4.78 is 5.70. The molecule has 74 valence electrons. The van der Waals surface area contributed by atoms with Crippen molar-refractivity contribution < 1.29 is 4.74 Å². The summed E-state index contributed by atoms with van der Waals surface area (Å²) in [5, 5.41) is 0. The molecule has 2 nitrogen and oxygen atoms in total. The van der Waals surface area contributed by atoms with Crippen LogP contribution < -0.4 is 0 Å². The summed E-state index contributed by atoms with van der Waals surface area (Å²) in [5.41, 5.74) is 0. The maximum absolute atomic E-state index is 5.70. The minimum absolute atomic E-state index is 0.330. The van der Waals surface area contributed by atoms with Gasteiger partial charge in [0.15, 0.2) is 0 Å². The minimum Gasteiger partial charge on any atom is -0.475 e. The maximum Gasteiger partial charge on any atom is 0.208 e. The van der Waals surface area contributed by atoms with E-state index < -0.39 is 0 Å². The van der Waals surface area contributed by atoms with Crippen LogP contribution in [0.5, 0.6) is 0 Å². The zero-order valence-corrected chi connectivity index (χ0v) is 8.79. The Bertz CT molecular complexity index is 204. The lowest BCUT2D eigenvalue weighted by Gasteiger charge is -2.18. The normalized spacial score (nSPS) is 21.8. The van der Waals surface area contributed by atoms with Gasteiger partial charge in [-0.2, -0.15) is 0 Å². The summed E-state index contributed by atoms with van der Waals surface area (Å²) in [6.07, 6.45) is 7.55. The van der Waals surface area contributed by atoms with Crippen molar-refractivity contribution in [2.45, 2.75) is 46.1 Å². The van der Waals surface area contributed by atoms with Crippen molar-refractivity contribution in [1.82, 2.24) is 0 Å². The second-order valence-electron chi connectivity index (χ2n) is 3.59. The molecule has 1 rings (SSSR count). The third-order valence-corrected chi connectivity index (χ3v) is 2.32. The fourth-order valence-electron chi connectivity index (χ4n) is 1.31. The highest BCUT2D eigenvalue weighted by atomic mass is 16.5. The quantitative estimate of drug-likeness (QED) is 0.653. The zero-order chi connectivity index (χ0) is 9.68. The average molecular weight is 181 g/mol. The van der Waals surface area contributed by atoms with Crippen LogP contribution in [-0.4, -0.2) is 12.3 Å². The predicted octanol–water partition coefficient (Wildman–Crippen LogP) is 3.14. The Labute approximate surface area is 80.7 Å². The van der Waals surface area contributed by atoms with E-state index in [9.17, 15) is 0 Å². The van der Waals surface area contributed by atoms with Crippen LogP contribution in [0.2, 0.25) is 0 Å². The molecule has 0 bridgehead atoms. The number of rotatable bonds is 4. The standard InChI is InChI=1S/C11H19NO/c1-4-10(5-2)13-11-7-6-9(3)8-12-11/h7-10H,4-6H2,1-3H3. The third-order valence-electron chi connectivity index (χ3n) is 2.32. The lowest BCUT2D eigenvalue weighted by Crippen LogP contribution is -2.11. The van der Waals surface area contributed by atoms with Crippen LogP contribution in [0.4, 0.5) is 0 Å². The molecule has 2 heteroatoms. The second-order valence-corrected chi connectivity index (χ2v) is 3.59. The largest absolute Gasteiger partial charge is 0.475 e. The molecule has 1 heterocycles. The van der Waals surface area contributed by atoms with E-state index >= 15 is 0 Å². The summed E-state index contributed by atoms with van der Waals surface area (Å²) in [4.78, 5) is 4.26. The molecular weight excluding hydrogens is 162 g/mol. The highest BCUT2D eigenvalue weighted by molar-refractivity contribution is 5.63. The van der Waals surface area contributed by atoms with Crippen LogP contribution in [0.25, 0.3) is 0 Å². The van der Waals surface area contributed by atoms with Gasteiger partial charge >= 0.3 is 0 Å². The van der Waals surface area contributed by atoms with Crippen LogP contribution in [-0.2, 0) is 4.74 Å². The van der Waals surface area contributed by atoms with E-state index in [1.807, 2.05) is 6.21 Å². The van der Waals surface area contributed by atoms with Gasteiger partial charge in [-0.3, -0.25) is 0 Å². The van der Waals surface area contributed by atoms with Crippen molar-refractivity contribution in [3.63, 3.8) is 0 Å². The van der Waals surface area contributed by atoms with Gasteiger partial charge in [0.25, 0.3) is 0 Å². The van der Waals surface area contributed by atoms with Gasteiger partial charge in [0, 0.05) is 6.21 Å². The summed E-state index contributed by atoms with van der Waals surface area (Å²) >= 11 is 0. The monoisotopic (exact) mass is 181 g/mol. The molecule has 1 unspecified atom stereocenters. The van der Waals surface area contributed by atoms with Crippen molar-refractivity contribution in [1.29, 1.82) is 0 Å². The lowest BCUT2D eigenvalue weighted by atomic mass is 10.1. The van der Waals surface area contributed by atoms with Gasteiger partial charge in [-0.1, -0.05) is 20.8 Å². The molecule has 1 aliphatic rings. The van der Waals surface area contributed by atoms with E-state index in [0.29, 0.717) is 12.0 Å². The Morgan fingerprint density at radius 3 is 2.69 bits per heavy atom. The Hall–Kier alpha value is -0.790. The molecule has 1 aliphatic heterocycles. The lowest BCUT2D eigenvalue weighted by molar-refractivity contribution is 0.106. The van der Waals surface area contributed by atoms with E-state index in [1.165, 1.54) is 0 Å². The van der Waals surface area contributed by atoms with Gasteiger partial charge in [0.05, 0.1) is 6.10 Å². The SMILES string of the molecule is CCC(CC)OC1=CCC(C)C=N1. The number of allylic oxidation sites excluding steroid dienone is 1. The molecule has 13 heavy (non-hydrogen) atoms. The molecule has 0 fully saturated rings. The molecule has 0 N–H and O–H groups in total. The average Bonchev–Trinajstić information content (AvgIpc) is 2.17. The third kappa shape index (κ3) is 3.21. The Balaban J connectivity index is 2.41. The van der Waals surface area contributed by atoms with Gasteiger partial charge in [-0.15, -0.1) is 0 Å². The summed E-state index contributed by atoms with van der Waals surface area (Å²) in [6.45, 7) is 6.45. The molecule has 0 saturated heterocycles.